The molecule has 1 aliphatic rings. The van der Waals surface area contributed by atoms with E-state index in [9.17, 15) is 14.7 Å². The summed E-state index contributed by atoms with van der Waals surface area (Å²) in [7, 11) is 0. The lowest BCUT2D eigenvalue weighted by atomic mass is 9.98. The van der Waals surface area contributed by atoms with Crippen molar-refractivity contribution in [3.63, 3.8) is 0 Å². The largest absolute Gasteiger partial charge is 0.490 e. The van der Waals surface area contributed by atoms with Gasteiger partial charge in [-0.3, -0.25) is 4.79 Å². The highest BCUT2D eigenvalue weighted by Gasteiger charge is 2.43. The molecule has 1 aromatic rings. The van der Waals surface area contributed by atoms with E-state index in [1.807, 2.05) is 13.8 Å². The van der Waals surface area contributed by atoms with E-state index >= 15 is 0 Å². The summed E-state index contributed by atoms with van der Waals surface area (Å²) in [5.74, 6) is 0.769. The van der Waals surface area contributed by atoms with Crippen LogP contribution in [0.15, 0.2) is 18.2 Å². The summed E-state index contributed by atoms with van der Waals surface area (Å²) in [6.45, 7) is 4.87. The molecule has 0 aromatic heterocycles. The van der Waals surface area contributed by atoms with Crippen molar-refractivity contribution in [2.24, 2.45) is 0 Å². The van der Waals surface area contributed by atoms with Gasteiger partial charge in [0.2, 0.25) is 0 Å². The van der Waals surface area contributed by atoms with Crippen LogP contribution in [0.4, 0.5) is 0 Å². The van der Waals surface area contributed by atoms with Crippen LogP contribution in [0.2, 0.25) is 0 Å². The Balaban J connectivity index is 2.19. The number of hydrogen-bond acceptors (Lipinski definition) is 5. The maximum Gasteiger partial charge on any atom is 0.330 e. The van der Waals surface area contributed by atoms with Crippen LogP contribution in [-0.4, -0.2) is 47.2 Å². The number of carboxylic acid groups (broad SMARTS) is 1. The zero-order chi connectivity index (χ0) is 17.6. The van der Waals surface area contributed by atoms with Crippen molar-refractivity contribution in [2.75, 3.05) is 24.7 Å². The molecule has 1 atom stereocenters. The summed E-state index contributed by atoms with van der Waals surface area (Å²) in [5, 5.41) is 12.2. The van der Waals surface area contributed by atoms with Crippen LogP contribution < -0.4 is 14.8 Å². The fourth-order valence-corrected chi connectivity index (χ4v) is 3.75. The maximum atomic E-state index is 12.5. The smallest absolute Gasteiger partial charge is 0.330 e. The lowest BCUT2D eigenvalue weighted by molar-refractivity contribution is -0.143. The molecule has 1 fully saturated rings. The van der Waals surface area contributed by atoms with Gasteiger partial charge in [-0.1, -0.05) is 6.92 Å². The number of ether oxygens (including phenoxy) is 2. The van der Waals surface area contributed by atoms with E-state index in [2.05, 4.69) is 5.32 Å². The second kappa shape index (κ2) is 8.28. The Morgan fingerprint density at radius 1 is 1.29 bits per heavy atom. The standard InChI is InChI=1S/C17H23NO5S/c1-3-8-23-13-6-5-12(10-14(13)22-4-2)15(19)18-17(16(20)21)7-9-24-11-17/h5-6,10H,3-4,7-9,11H2,1-2H3,(H,18,19)(H,20,21). The molecule has 2 rings (SSSR count). The normalized spacial score (nSPS) is 19.8. The van der Waals surface area contributed by atoms with Crippen molar-refractivity contribution in [3.05, 3.63) is 23.8 Å². The van der Waals surface area contributed by atoms with Crippen LogP contribution in [0.1, 0.15) is 37.0 Å². The molecule has 1 aromatic carbocycles. The summed E-state index contributed by atoms with van der Waals surface area (Å²) < 4.78 is 11.2. The molecule has 1 unspecified atom stereocenters. The molecule has 2 N–H and O–H groups in total. The molecule has 0 saturated carbocycles. The molecule has 1 heterocycles. The third-order valence-corrected chi connectivity index (χ3v) is 4.94. The molecule has 0 radical (unpaired) electrons. The minimum Gasteiger partial charge on any atom is -0.490 e. The van der Waals surface area contributed by atoms with Gasteiger partial charge in [0.05, 0.1) is 13.2 Å². The predicted octanol–water partition coefficient (Wildman–Crippen LogP) is 2.56. The first-order valence-corrected chi connectivity index (χ1v) is 9.21. The third-order valence-electron chi connectivity index (χ3n) is 3.75. The van der Waals surface area contributed by atoms with Gasteiger partial charge < -0.3 is 19.9 Å². The Bertz CT molecular complexity index is 599. The Labute approximate surface area is 145 Å². The maximum absolute atomic E-state index is 12.5. The lowest BCUT2D eigenvalue weighted by Gasteiger charge is -2.24. The van der Waals surface area contributed by atoms with E-state index in [0.29, 0.717) is 42.4 Å². The average Bonchev–Trinajstić information content (AvgIpc) is 3.03. The number of carbonyl (C=O) groups excluding carboxylic acids is 1. The Hall–Kier alpha value is -1.89. The van der Waals surface area contributed by atoms with Crippen LogP contribution in [0.5, 0.6) is 11.5 Å². The van der Waals surface area contributed by atoms with E-state index in [0.717, 1.165) is 12.2 Å². The summed E-state index contributed by atoms with van der Waals surface area (Å²) >= 11 is 1.53. The molecule has 0 bridgehead atoms. The predicted molar refractivity (Wildman–Crippen MR) is 93.2 cm³/mol. The van der Waals surface area contributed by atoms with Gasteiger partial charge in [0, 0.05) is 11.3 Å². The first-order chi connectivity index (χ1) is 11.5. The Morgan fingerprint density at radius 2 is 2.08 bits per heavy atom. The third kappa shape index (κ3) is 4.14. The first kappa shape index (κ1) is 18.4. The number of rotatable bonds is 8. The molecule has 7 heteroatoms. The molecule has 132 valence electrons. The SMILES string of the molecule is CCCOc1ccc(C(=O)NC2(C(=O)O)CCSC2)cc1OCC. The van der Waals surface area contributed by atoms with Gasteiger partial charge in [-0.25, -0.2) is 4.79 Å². The molecule has 0 aliphatic carbocycles. The van der Waals surface area contributed by atoms with E-state index in [4.69, 9.17) is 9.47 Å². The minimum absolute atomic E-state index is 0.361. The fourth-order valence-electron chi connectivity index (χ4n) is 2.42. The zero-order valence-electron chi connectivity index (χ0n) is 14.0. The van der Waals surface area contributed by atoms with Crippen molar-refractivity contribution < 1.29 is 24.2 Å². The zero-order valence-corrected chi connectivity index (χ0v) is 14.8. The van der Waals surface area contributed by atoms with Gasteiger partial charge in [0.15, 0.2) is 11.5 Å². The average molecular weight is 353 g/mol. The number of thioether (sulfide) groups is 1. The highest BCUT2D eigenvalue weighted by atomic mass is 32.2. The molecule has 24 heavy (non-hydrogen) atoms. The second-order valence-corrected chi connectivity index (χ2v) is 6.69. The fraction of sp³-hybridized carbons (Fsp3) is 0.529. The van der Waals surface area contributed by atoms with Gasteiger partial charge in [-0.15, -0.1) is 0 Å². The lowest BCUT2D eigenvalue weighted by Crippen LogP contribution is -2.54. The van der Waals surface area contributed by atoms with Crippen molar-refractivity contribution in [3.8, 4) is 11.5 Å². The Morgan fingerprint density at radius 3 is 2.67 bits per heavy atom. The highest BCUT2D eigenvalue weighted by molar-refractivity contribution is 7.99. The van der Waals surface area contributed by atoms with Crippen LogP contribution in [0.3, 0.4) is 0 Å². The first-order valence-electron chi connectivity index (χ1n) is 8.05. The van der Waals surface area contributed by atoms with Gasteiger partial charge >= 0.3 is 5.97 Å². The van der Waals surface area contributed by atoms with Gasteiger partial charge in [-0.05, 0) is 43.7 Å². The summed E-state index contributed by atoms with van der Waals surface area (Å²) in [6.07, 6.45) is 1.29. The van der Waals surface area contributed by atoms with Crippen LogP contribution >= 0.6 is 11.8 Å². The highest BCUT2D eigenvalue weighted by Crippen LogP contribution is 2.31. The number of benzene rings is 1. The van der Waals surface area contributed by atoms with E-state index in [-0.39, 0.29) is 0 Å². The Kier molecular flexibility index (Phi) is 6.36. The summed E-state index contributed by atoms with van der Waals surface area (Å²) in [5.41, 5.74) is -0.829. The molecule has 1 saturated heterocycles. The number of carbonyl (C=O) groups is 2. The van der Waals surface area contributed by atoms with Gasteiger partial charge in [-0.2, -0.15) is 11.8 Å². The quantitative estimate of drug-likeness (QED) is 0.747. The number of nitrogens with one attached hydrogen (secondary N) is 1. The minimum atomic E-state index is -1.19. The molecule has 6 nitrogen and oxygen atoms in total. The van der Waals surface area contributed by atoms with E-state index in [1.54, 1.807) is 18.2 Å². The molecular weight excluding hydrogens is 330 g/mol. The van der Waals surface area contributed by atoms with Crippen LogP contribution in [0, 0.1) is 0 Å². The summed E-state index contributed by atoms with van der Waals surface area (Å²) in [6, 6.07) is 4.91. The van der Waals surface area contributed by atoms with Crippen molar-refractivity contribution in [1.29, 1.82) is 0 Å². The number of carboxylic acids is 1. The summed E-state index contributed by atoms with van der Waals surface area (Å²) in [4.78, 5) is 24.1. The van der Waals surface area contributed by atoms with Gasteiger partial charge in [0.25, 0.3) is 5.91 Å². The topological polar surface area (TPSA) is 84.9 Å². The van der Waals surface area contributed by atoms with E-state index in [1.165, 1.54) is 11.8 Å². The van der Waals surface area contributed by atoms with Crippen LogP contribution in [-0.2, 0) is 4.79 Å². The van der Waals surface area contributed by atoms with Crippen molar-refractivity contribution in [1.82, 2.24) is 5.32 Å². The second-order valence-electron chi connectivity index (χ2n) is 5.59. The molecule has 1 amide bonds. The monoisotopic (exact) mass is 353 g/mol. The number of hydrogen-bond donors (Lipinski definition) is 2. The number of aliphatic carboxylic acids is 1. The number of amides is 1. The molecule has 1 aliphatic heterocycles. The molecular formula is C17H23NO5S. The van der Waals surface area contributed by atoms with Crippen molar-refractivity contribution >= 4 is 23.6 Å². The molecule has 0 spiro atoms. The van der Waals surface area contributed by atoms with E-state index < -0.39 is 17.4 Å². The van der Waals surface area contributed by atoms with Crippen molar-refractivity contribution in [2.45, 2.75) is 32.2 Å². The van der Waals surface area contributed by atoms with Gasteiger partial charge in [0.1, 0.15) is 5.54 Å². The van der Waals surface area contributed by atoms with Crippen LogP contribution in [0.25, 0.3) is 0 Å².